The maximum Gasteiger partial charge on any atom is 0.404 e. The molecule has 0 fully saturated rings. The number of benzene rings is 1. The normalized spacial score (nSPS) is 14.1. The van der Waals surface area contributed by atoms with Crippen LogP contribution in [-0.4, -0.2) is 46.1 Å². The molecule has 192 valence electrons. The van der Waals surface area contributed by atoms with Gasteiger partial charge in [-0.1, -0.05) is 29.3 Å². The molecule has 36 heavy (non-hydrogen) atoms. The Kier molecular flexibility index (Phi) is 8.94. The molecule has 12 heteroatoms. The van der Waals surface area contributed by atoms with Crippen LogP contribution in [0.3, 0.4) is 0 Å². The van der Waals surface area contributed by atoms with Crippen molar-refractivity contribution in [3.8, 4) is 0 Å². The zero-order valence-electron chi connectivity index (χ0n) is 19.5. The van der Waals surface area contributed by atoms with Gasteiger partial charge in [-0.2, -0.15) is 8.78 Å². The minimum absolute atomic E-state index is 0.0320. The zero-order chi connectivity index (χ0) is 26.3. The Morgan fingerprint density at radius 2 is 1.92 bits per heavy atom. The lowest BCUT2D eigenvalue weighted by atomic mass is 9.98. The molecular formula is C24H26ClF2N5O4. The van der Waals surface area contributed by atoms with E-state index in [-0.39, 0.29) is 31.6 Å². The largest absolute Gasteiger partial charge is 0.465 e. The lowest BCUT2D eigenvalue weighted by Crippen LogP contribution is -2.50. The average Bonchev–Trinajstić information content (AvgIpc) is 2.84. The number of rotatable bonds is 10. The van der Waals surface area contributed by atoms with Gasteiger partial charge in [0.05, 0.1) is 13.0 Å². The number of halogens is 3. The first-order valence-electron chi connectivity index (χ1n) is 11.1. The van der Waals surface area contributed by atoms with Crippen molar-refractivity contribution in [2.24, 2.45) is 0 Å². The third kappa shape index (κ3) is 7.22. The lowest BCUT2D eigenvalue weighted by molar-refractivity contribution is -0.134. The van der Waals surface area contributed by atoms with E-state index in [0.29, 0.717) is 28.1 Å². The number of aromatic nitrogens is 1. The highest BCUT2D eigenvalue weighted by Gasteiger charge is 2.35. The second kappa shape index (κ2) is 11.9. The molecule has 1 aliphatic heterocycles. The standard InChI is InChI=1S/C24H26ClF2N5O4/c1-15-7-9-32(31-14-24(26,27)20-4-2-3-8-28-20)22(34)19(15)11-21(33)29-13-17-10-18(25)6-5-16(17)12-30-23(35)36/h2-6,8,10,30-31H,7,9,11-14H2,1H3,(H,29,33)(H,35,36). The van der Waals surface area contributed by atoms with Crippen molar-refractivity contribution in [3.05, 3.63) is 75.6 Å². The van der Waals surface area contributed by atoms with E-state index in [9.17, 15) is 23.2 Å². The maximum absolute atomic E-state index is 14.5. The molecule has 0 radical (unpaired) electrons. The average molecular weight is 522 g/mol. The Balaban J connectivity index is 1.59. The third-order valence-corrected chi connectivity index (χ3v) is 5.91. The van der Waals surface area contributed by atoms with E-state index in [1.54, 1.807) is 25.1 Å². The van der Waals surface area contributed by atoms with Gasteiger partial charge in [0.2, 0.25) is 5.91 Å². The van der Waals surface area contributed by atoms with Gasteiger partial charge in [0.15, 0.2) is 0 Å². The van der Waals surface area contributed by atoms with Crippen LogP contribution in [0.2, 0.25) is 5.02 Å². The van der Waals surface area contributed by atoms with E-state index in [1.807, 2.05) is 0 Å². The van der Waals surface area contributed by atoms with Crippen LogP contribution in [-0.2, 0) is 28.6 Å². The highest BCUT2D eigenvalue weighted by molar-refractivity contribution is 6.30. The van der Waals surface area contributed by atoms with Gasteiger partial charge in [0.25, 0.3) is 5.91 Å². The van der Waals surface area contributed by atoms with Crippen molar-refractivity contribution >= 4 is 29.5 Å². The van der Waals surface area contributed by atoms with Crippen LogP contribution in [0.1, 0.15) is 36.6 Å². The van der Waals surface area contributed by atoms with Crippen molar-refractivity contribution in [1.82, 2.24) is 26.1 Å². The topological polar surface area (TPSA) is 124 Å². The van der Waals surface area contributed by atoms with Gasteiger partial charge in [0, 0.05) is 36.4 Å². The molecule has 0 unspecified atom stereocenters. The second-order valence-electron chi connectivity index (χ2n) is 8.25. The van der Waals surface area contributed by atoms with Crippen LogP contribution in [0, 0.1) is 0 Å². The van der Waals surface area contributed by atoms with Gasteiger partial charge in [0.1, 0.15) is 5.69 Å². The molecule has 2 heterocycles. The molecule has 1 aromatic heterocycles. The maximum atomic E-state index is 14.5. The van der Waals surface area contributed by atoms with Crippen molar-refractivity contribution in [2.45, 2.75) is 38.8 Å². The first kappa shape index (κ1) is 27.0. The monoisotopic (exact) mass is 521 g/mol. The summed E-state index contributed by atoms with van der Waals surface area (Å²) in [5.41, 5.74) is 4.26. The Labute approximate surface area is 211 Å². The Morgan fingerprint density at radius 1 is 1.17 bits per heavy atom. The van der Waals surface area contributed by atoms with Gasteiger partial charge in [-0.05, 0) is 48.7 Å². The molecule has 0 saturated carbocycles. The summed E-state index contributed by atoms with van der Waals surface area (Å²) in [6, 6.07) is 9.08. The highest BCUT2D eigenvalue weighted by Crippen LogP contribution is 2.26. The smallest absolute Gasteiger partial charge is 0.404 e. The summed E-state index contributed by atoms with van der Waals surface area (Å²) in [5.74, 6) is -4.28. The molecule has 3 amide bonds. The number of carbonyl (C=O) groups is 3. The molecule has 1 aromatic carbocycles. The molecule has 3 rings (SSSR count). The fraction of sp³-hybridized carbons (Fsp3) is 0.333. The van der Waals surface area contributed by atoms with Crippen molar-refractivity contribution in [1.29, 1.82) is 0 Å². The van der Waals surface area contributed by atoms with Gasteiger partial charge in [-0.15, -0.1) is 0 Å². The molecule has 0 bridgehead atoms. The van der Waals surface area contributed by atoms with Crippen molar-refractivity contribution in [3.63, 3.8) is 0 Å². The Morgan fingerprint density at radius 3 is 2.61 bits per heavy atom. The molecule has 2 aromatic rings. The van der Waals surface area contributed by atoms with Crippen LogP contribution in [0.5, 0.6) is 0 Å². The van der Waals surface area contributed by atoms with Gasteiger partial charge < -0.3 is 15.7 Å². The zero-order valence-corrected chi connectivity index (χ0v) is 20.2. The number of amides is 3. The summed E-state index contributed by atoms with van der Waals surface area (Å²) in [7, 11) is 0. The fourth-order valence-corrected chi connectivity index (χ4v) is 3.83. The van der Waals surface area contributed by atoms with E-state index >= 15 is 0 Å². The number of hydrazine groups is 1. The quantitative estimate of drug-likeness (QED) is 0.380. The predicted molar refractivity (Wildman–Crippen MR) is 128 cm³/mol. The van der Waals surface area contributed by atoms with Crippen LogP contribution < -0.4 is 16.1 Å². The van der Waals surface area contributed by atoms with E-state index in [1.165, 1.54) is 24.4 Å². The SMILES string of the molecule is CC1=C(CC(=O)NCc2cc(Cl)ccc2CNC(=O)O)C(=O)N(NCC(F)(F)c2ccccn2)CC1. The summed E-state index contributed by atoms with van der Waals surface area (Å²) in [6.07, 6.45) is 0.278. The molecule has 9 nitrogen and oxygen atoms in total. The van der Waals surface area contributed by atoms with Gasteiger partial charge >= 0.3 is 12.0 Å². The van der Waals surface area contributed by atoms with Crippen molar-refractivity contribution in [2.75, 3.05) is 13.1 Å². The number of hydrogen-bond acceptors (Lipinski definition) is 5. The highest BCUT2D eigenvalue weighted by atomic mass is 35.5. The van der Waals surface area contributed by atoms with Gasteiger partial charge in [-0.3, -0.25) is 19.6 Å². The van der Waals surface area contributed by atoms with Crippen LogP contribution >= 0.6 is 11.6 Å². The first-order chi connectivity index (χ1) is 17.1. The van der Waals surface area contributed by atoms with Crippen molar-refractivity contribution < 1.29 is 28.3 Å². The minimum Gasteiger partial charge on any atom is -0.465 e. The molecule has 0 aliphatic carbocycles. The first-order valence-corrected chi connectivity index (χ1v) is 11.5. The molecule has 0 atom stereocenters. The molecule has 0 saturated heterocycles. The van der Waals surface area contributed by atoms with Crippen LogP contribution in [0.25, 0.3) is 0 Å². The predicted octanol–water partition coefficient (Wildman–Crippen LogP) is 3.35. The number of hydrogen-bond donors (Lipinski definition) is 4. The van der Waals surface area contributed by atoms with Crippen LogP contribution in [0.15, 0.2) is 53.7 Å². The number of carboxylic acid groups (broad SMARTS) is 1. The number of carbonyl (C=O) groups excluding carboxylic acids is 2. The molecular weight excluding hydrogens is 496 g/mol. The summed E-state index contributed by atoms with van der Waals surface area (Å²) >= 11 is 6.03. The molecule has 1 aliphatic rings. The number of alkyl halides is 2. The van der Waals surface area contributed by atoms with Gasteiger partial charge in [-0.25, -0.2) is 10.2 Å². The summed E-state index contributed by atoms with van der Waals surface area (Å²) < 4.78 is 28.9. The molecule has 0 spiro atoms. The second-order valence-corrected chi connectivity index (χ2v) is 8.68. The number of nitrogens with one attached hydrogen (secondary N) is 3. The van der Waals surface area contributed by atoms with Crippen LogP contribution in [0.4, 0.5) is 13.6 Å². The van der Waals surface area contributed by atoms with E-state index in [0.717, 1.165) is 5.01 Å². The Hall–Kier alpha value is -3.57. The lowest BCUT2D eigenvalue weighted by Gasteiger charge is -2.31. The minimum atomic E-state index is -3.29. The molecule has 4 N–H and O–H groups in total. The number of pyridine rings is 1. The fourth-order valence-electron chi connectivity index (χ4n) is 3.64. The van der Waals surface area contributed by atoms with E-state index < -0.39 is 36.1 Å². The van der Waals surface area contributed by atoms with E-state index in [4.69, 9.17) is 16.7 Å². The number of nitrogens with zero attached hydrogens (tertiary/aromatic N) is 2. The summed E-state index contributed by atoms with van der Waals surface area (Å²) in [6.45, 7) is 1.19. The third-order valence-electron chi connectivity index (χ3n) is 5.67. The Bertz CT molecular complexity index is 1160. The summed E-state index contributed by atoms with van der Waals surface area (Å²) in [5, 5.41) is 15.3. The van der Waals surface area contributed by atoms with E-state index in [2.05, 4.69) is 21.0 Å². The summed E-state index contributed by atoms with van der Waals surface area (Å²) in [4.78, 5) is 40.1.